The van der Waals surface area contributed by atoms with Gasteiger partial charge in [-0.3, -0.25) is 5.32 Å². The van der Waals surface area contributed by atoms with Gasteiger partial charge in [-0.05, 0) is 36.4 Å². The summed E-state index contributed by atoms with van der Waals surface area (Å²) in [5.74, 6) is 0.717. The second kappa shape index (κ2) is 6.44. The summed E-state index contributed by atoms with van der Waals surface area (Å²) in [6, 6.07) is 15.1. The lowest BCUT2D eigenvalue weighted by molar-refractivity contribution is 0.187. The van der Waals surface area contributed by atoms with Gasteiger partial charge < -0.3 is 9.47 Å². The summed E-state index contributed by atoms with van der Waals surface area (Å²) in [4.78, 5) is 15.6. The zero-order chi connectivity index (χ0) is 15.4. The first kappa shape index (κ1) is 14.3. The molecule has 22 heavy (non-hydrogen) atoms. The third-order valence-electron chi connectivity index (χ3n) is 2.99. The van der Waals surface area contributed by atoms with Gasteiger partial charge in [0.1, 0.15) is 17.4 Å². The van der Waals surface area contributed by atoms with Gasteiger partial charge in [0.15, 0.2) is 0 Å². The molecule has 1 amide bonds. The number of hydrogen-bond donors (Lipinski definition) is 1. The van der Waals surface area contributed by atoms with Crippen molar-refractivity contribution >= 4 is 33.3 Å². The number of carbonyl (C=O) groups is 1. The standard InChI is InChI=1S/C16H14N2O3S/c1-20-16(19)17-11-6-8-12(9-7-11)21-10-15-18-13-4-2-3-5-14(13)22-15/h2-9H,10H2,1H3,(H,17,19). The van der Waals surface area contributed by atoms with Gasteiger partial charge in [0, 0.05) is 5.69 Å². The molecule has 112 valence electrons. The van der Waals surface area contributed by atoms with Crippen LogP contribution in [0.5, 0.6) is 5.75 Å². The minimum atomic E-state index is -0.497. The third kappa shape index (κ3) is 3.35. The van der Waals surface area contributed by atoms with E-state index >= 15 is 0 Å². The maximum absolute atomic E-state index is 11.1. The zero-order valence-electron chi connectivity index (χ0n) is 11.9. The molecule has 1 heterocycles. The van der Waals surface area contributed by atoms with E-state index in [0.717, 1.165) is 21.0 Å². The van der Waals surface area contributed by atoms with Crippen LogP contribution in [-0.2, 0) is 11.3 Å². The molecule has 0 fully saturated rings. The Hall–Kier alpha value is -2.60. The number of hydrogen-bond acceptors (Lipinski definition) is 5. The van der Waals surface area contributed by atoms with Gasteiger partial charge in [-0.25, -0.2) is 9.78 Å². The Balaban J connectivity index is 1.62. The Morgan fingerprint density at radius 3 is 2.68 bits per heavy atom. The summed E-state index contributed by atoms with van der Waals surface area (Å²) in [6.45, 7) is 0.420. The number of amides is 1. The van der Waals surface area contributed by atoms with Crippen LogP contribution in [0, 0.1) is 0 Å². The molecule has 0 bridgehead atoms. The molecule has 0 saturated carbocycles. The summed E-state index contributed by atoms with van der Waals surface area (Å²) in [6.07, 6.45) is -0.497. The second-order valence-electron chi connectivity index (χ2n) is 4.50. The molecule has 0 spiro atoms. The van der Waals surface area contributed by atoms with Crippen molar-refractivity contribution in [2.24, 2.45) is 0 Å². The van der Waals surface area contributed by atoms with E-state index in [-0.39, 0.29) is 0 Å². The molecule has 0 aliphatic carbocycles. The fourth-order valence-corrected chi connectivity index (χ4v) is 2.81. The first-order chi connectivity index (χ1) is 10.7. The molecule has 3 aromatic rings. The first-order valence-corrected chi connectivity index (χ1v) is 7.48. The zero-order valence-corrected chi connectivity index (χ0v) is 12.7. The van der Waals surface area contributed by atoms with Crippen molar-refractivity contribution in [1.29, 1.82) is 0 Å². The molecule has 0 unspecified atom stereocenters. The highest BCUT2D eigenvalue weighted by atomic mass is 32.1. The number of methoxy groups -OCH3 is 1. The summed E-state index contributed by atoms with van der Waals surface area (Å²) in [5.41, 5.74) is 1.64. The van der Waals surface area contributed by atoms with Crippen molar-refractivity contribution in [2.45, 2.75) is 6.61 Å². The molecule has 3 rings (SSSR count). The van der Waals surface area contributed by atoms with Gasteiger partial charge in [0.2, 0.25) is 0 Å². The van der Waals surface area contributed by atoms with E-state index in [0.29, 0.717) is 12.3 Å². The third-order valence-corrected chi connectivity index (χ3v) is 4.00. The van der Waals surface area contributed by atoms with Crippen LogP contribution in [-0.4, -0.2) is 18.2 Å². The molecule has 0 atom stereocenters. The molecule has 6 heteroatoms. The van der Waals surface area contributed by atoms with Gasteiger partial charge in [-0.2, -0.15) is 0 Å². The Labute approximate surface area is 131 Å². The summed E-state index contributed by atoms with van der Waals surface area (Å²) in [5, 5.41) is 3.51. The highest BCUT2D eigenvalue weighted by Gasteiger charge is 2.05. The van der Waals surface area contributed by atoms with Gasteiger partial charge in [0.25, 0.3) is 0 Å². The van der Waals surface area contributed by atoms with Crippen LogP contribution in [0.1, 0.15) is 5.01 Å². The van der Waals surface area contributed by atoms with Crippen molar-refractivity contribution in [3.63, 3.8) is 0 Å². The van der Waals surface area contributed by atoms with Crippen LogP contribution in [0.15, 0.2) is 48.5 Å². The van der Waals surface area contributed by atoms with E-state index in [9.17, 15) is 4.79 Å². The fraction of sp³-hybridized carbons (Fsp3) is 0.125. The van der Waals surface area contributed by atoms with Crippen molar-refractivity contribution in [2.75, 3.05) is 12.4 Å². The van der Waals surface area contributed by atoms with Gasteiger partial charge in [-0.1, -0.05) is 12.1 Å². The van der Waals surface area contributed by atoms with E-state index in [4.69, 9.17) is 4.74 Å². The van der Waals surface area contributed by atoms with Gasteiger partial charge in [0.05, 0.1) is 17.3 Å². The monoisotopic (exact) mass is 314 g/mol. The Morgan fingerprint density at radius 1 is 1.18 bits per heavy atom. The molecular weight excluding hydrogens is 300 g/mol. The molecule has 0 aliphatic rings. The van der Waals surface area contributed by atoms with Crippen molar-refractivity contribution in [3.05, 3.63) is 53.5 Å². The molecular formula is C16H14N2O3S. The van der Waals surface area contributed by atoms with Crippen LogP contribution in [0.3, 0.4) is 0 Å². The van der Waals surface area contributed by atoms with Crippen LogP contribution in [0.25, 0.3) is 10.2 Å². The number of fused-ring (bicyclic) bond motifs is 1. The summed E-state index contributed by atoms with van der Waals surface area (Å²) < 4.78 is 11.4. The number of aromatic nitrogens is 1. The highest BCUT2D eigenvalue weighted by Crippen LogP contribution is 2.23. The quantitative estimate of drug-likeness (QED) is 0.789. The lowest BCUT2D eigenvalue weighted by atomic mass is 10.3. The number of para-hydroxylation sites is 1. The first-order valence-electron chi connectivity index (χ1n) is 6.67. The Kier molecular flexibility index (Phi) is 4.20. The predicted octanol–water partition coefficient (Wildman–Crippen LogP) is 4.05. The van der Waals surface area contributed by atoms with E-state index < -0.39 is 6.09 Å². The Morgan fingerprint density at radius 2 is 1.95 bits per heavy atom. The summed E-state index contributed by atoms with van der Waals surface area (Å²) >= 11 is 1.62. The van der Waals surface area contributed by atoms with E-state index in [1.807, 2.05) is 24.3 Å². The number of rotatable bonds is 4. The average Bonchev–Trinajstić information content (AvgIpc) is 2.97. The minimum Gasteiger partial charge on any atom is -0.486 e. The maximum Gasteiger partial charge on any atom is 0.411 e. The highest BCUT2D eigenvalue weighted by molar-refractivity contribution is 7.18. The summed E-state index contributed by atoms with van der Waals surface area (Å²) in [7, 11) is 1.32. The second-order valence-corrected chi connectivity index (χ2v) is 5.62. The predicted molar refractivity (Wildman–Crippen MR) is 86.4 cm³/mol. The molecule has 0 aliphatic heterocycles. The number of nitrogens with zero attached hydrogens (tertiary/aromatic N) is 1. The van der Waals surface area contributed by atoms with Crippen molar-refractivity contribution < 1.29 is 14.3 Å². The number of nitrogens with one attached hydrogen (secondary N) is 1. The molecule has 0 radical (unpaired) electrons. The van der Waals surface area contributed by atoms with Crippen LogP contribution >= 0.6 is 11.3 Å². The topological polar surface area (TPSA) is 60.5 Å². The molecule has 1 N–H and O–H groups in total. The van der Waals surface area contributed by atoms with Crippen LogP contribution in [0.4, 0.5) is 10.5 Å². The van der Waals surface area contributed by atoms with Crippen molar-refractivity contribution in [3.8, 4) is 5.75 Å². The van der Waals surface area contributed by atoms with Gasteiger partial charge >= 0.3 is 6.09 Å². The van der Waals surface area contributed by atoms with E-state index in [1.165, 1.54) is 7.11 Å². The fourth-order valence-electron chi connectivity index (χ4n) is 1.93. The molecule has 5 nitrogen and oxygen atoms in total. The normalized spacial score (nSPS) is 10.4. The smallest absolute Gasteiger partial charge is 0.411 e. The van der Waals surface area contributed by atoms with Crippen molar-refractivity contribution in [1.82, 2.24) is 4.98 Å². The van der Waals surface area contributed by atoms with E-state index in [1.54, 1.807) is 35.6 Å². The molecule has 1 aromatic heterocycles. The van der Waals surface area contributed by atoms with E-state index in [2.05, 4.69) is 15.0 Å². The minimum absolute atomic E-state index is 0.420. The van der Waals surface area contributed by atoms with Gasteiger partial charge in [-0.15, -0.1) is 11.3 Å². The lowest BCUT2D eigenvalue weighted by Crippen LogP contribution is -2.10. The largest absolute Gasteiger partial charge is 0.486 e. The molecule has 0 saturated heterocycles. The number of ether oxygens (including phenoxy) is 2. The average molecular weight is 314 g/mol. The number of anilines is 1. The lowest BCUT2D eigenvalue weighted by Gasteiger charge is -2.06. The Bertz CT molecular complexity index is 750. The van der Waals surface area contributed by atoms with Crippen LogP contribution in [0.2, 0.25) is 0 Å². The number of benzene rings is 2. The number of carbonyl (C=O) groups excluding carboxylic acids is 1. The maximum atomic E-state index is 11.1. The molecule has 2 aromatic carbocycles. The SMILES string of the molecule is COC(=O)Nc1ccc(OCc2nc3ccccc3s2)cc1. The van der Waals surface area contributed by atoms with Crippen LogP contribution < -0.4 is 10.1 Å². The number of thiazole rings is 1.